The molecule has 0 aliphatic rings. The average molecular weight is 292 g/mol. The average Bonchev–Trinajstić information content (AvgIpc) is 2.19. The van der Waals surface area contributed by atoms with E-state index in [4.69, 9.17) is 10.8 Å². The maximum absolute atomic E-state index is 11.9. The number of halogens is 3. The second-order valence-electron chi connectivity index (χ2n) is 3.83. The fourth-order valence-electron chi connectivity index (χ4n) is 0.916. The van der Waals surface area contributed by atoms with Crippen LogP contribution in [0.1, 0.15) is 6.42 Å². The molecule has 0 spiro atoms. The summed E-state index contributed by atoms with van der Waals surface area (Å²) in [6.07, 6.45) is -6.76. The topological polar surface area (TPSA) is 109 Å². The zero-order valence-electron chi connectivity index (χ0n) is 9.57. The monoisotopic (exact) mass is 292 g/mol. The quantitative estimate of drug-likeness (QED) is 0.569. The van der Waals surface area contributed by atoms with Crippen molar-refractivity contribution in [2.24, 2.45) is 5.73 Å². The van der Waals surface area contributed by atoms with Gasteiger partial charge in [-0.1, -0.05) is 0 Å². The molecule has 0 aliphatic heterocycles. The number of carbonyl (C=O) groups is 1. The lowest BCUT2D eigenvalue weighted by atomic mass is 10.2. The molecule has 0 aromatic carbocycles. The van der Waals surface area contributed by atoms with Crippen LogP contribution in [-0.4, -0.2) is 56.3 Å². The van der Waals surface area contributed by atoms with Crippen molar-refractivity contribution in [1.29, 1.82) is 0 Å². The summed E-state index contributed by atoms with van der Waals surface area (Å²) >= 11 is 0. The number of carbonyl (C=O) groups excluding carboxylic acids is 1. The van der Waals surface area contributed by atoms with Gasteiger partial charge in [0.1, 0.15) is 9.84 Å². The van der Waals surface area contributed by atoms with Crippen LogP contribution in [0.5, 0.6) is 0 Å². The van der Waals surface area contributed by atoms with Crippen LogP contribution < -0.4 is 11.1 Å². The van der Waals surface area contributed by atoms with Crippen LogP contribution in [0.2, 0.25) is 0 Å². The van der Waals surface area contributed by atoms with Crippen molar-refractivity contribution >= 4 is 15.7 Å². The highest BCUT2D eigenvalue weighted by Gasteiger charge is 2.38. The Balaban J connectivity index is 4.11. The molecular formula is C8H15F3N2O4S. The molecule has 4 N–H and O–H groups in total. The Morgan fingerprint density at radius 3 is 2.33 bits per heavy atom. The molecular weight excluding hydrogens is 277 g/mol. The highest BCUT2D eigenvalue weighted by atomic mass is 32.2. The molecule has 0 radical (unpaired) electrons. The Morgan fingerprint density at radius 1 is 1.44 bits per heavy atom. The number of amides is 1. The molecule has 2 unspecified atom stereocenters. The summed E-state index contributed by atoms with van der Waals surface area (Å²) in [6, 6.07) is -1.24. The normalized spacial score (nSPS) is 16.1. The molecule has 18 heavy (non-hydrogen) atoms. The van der Waals surface area contributed by atoms with Crippen molar-refractivity contribution in [1.82, 2.24) is 5.32 Å². The van der Waals surface area contributed by atoms with Gasteiger partial charge in [0.25, 0.3) is 0 Å². The van der Waals surface area contributed by atoms with E-state index in [1.807, 2.05) is 0 Å². The van der Waals surface area contributed by atoms with Crippen molar-refractivity contribution in [2.45, 2.75) is 24.7 Å². The molecule has 0 saturated carbocycles. The van der Waals surface area contributed by atoms with Gasteiger partial charge in [0.15, 0.2) is 6.10 Å². The molecule has 2 atom stereocenters. The van der Waals surface area contributed by atoms with Crippen molar-refractivity contribution in [3.05, 3.63) is 0 Å². The van der Waals surface area contributed by atoms with Crippen LogP contribution in [0.4, 0.5) is 13.2 Å². The fourth-order valence-corrected chi connectivity index (χ4v) is 1.60. The summed E-state index contributed by atoms with van der Waals surface area (Å²) in [4.78, 5) is 11.2. The third-order valence-corrected chi connectivity index (χ3v) is 2.96. The van der Waals surface area contributed by atoms with Gasteiger partial charge in [0.2, 0.25) is 5.91 Å². The minimum absolute atomic E-state index is 0.202. The Labute approximate surface area is 102 Å². The van der Waals surface area contributed by atoms with Gasteiger partial charge in [-0.3, -0.25) is 4.79 Å². The molecule has 0 rings (SSSR count). The molecule has 0 heterocycles. The molecule has 0 bridgehead atoms. The summed E-state index contributed by atoms with van der Waals surface area (Å²) in [5.41, 5.74) is 5.28. The second kappa shape index (κ2) is 6.34. The number of aliphatic hydroxyl groups is 1. The van der Waals surface area contributed by atoms with Gasteiger partial charge in [0, 0.05) is 6.26 Å². The molecule has 0 saturated heterocycles. The van der Waals surface area contributed by atoms with E-state index in [0.717, 1.165) is 6.26 Å². The Hall–Kier alpha value is -0.870. The summed E-state index contributed by atoms with van der Waals surface area (Å²) in [5.74, 6) is -1.29. The third kappa shape index (κ3) is 7.45. The van der Waals surface area contributed by atoms with Gasteiger partial charge in [-0.2, -0.15) is 13.2 Å². The zero-order chi connectivity index (χ0) is 14.6. The number of rotatable bonds is 6. The molecule has 0 fully saturated rings. The Bertz CT molecular complexity index is 382. The van der Waals surface area contributed by atoms with Gasteiger partial charge >= 0.3 is 6.18 Å². The van der Waals surface area contributed by atoms with Crippen molar-refractivity contribution < 1.29 is 31.5 Å². The van der Waals surface area contributed by atoms with Crippen LogP contribution in [0.3, 0.4) is 0 Å². The Kier molecular flexibility index (Phi) is 6.04. The Morgan fingerprint density at radius 2 is 1.94 bits per heavy atom. The van der Waals surface area contributed by atoms with Crippen molar-refractivity contribution in [3.8, 4) is 0 Å². The van der Waals surface area contributed by atoms with Crippen LogP contribution >= 0.6 is 0 Å². The smallest absolute Gasteiger partial charge is 0.382 e. The van der Waals surface area contributed by atoms with E-state index in [1.165, 1.54) is 0 Å². The van der Waals surface area contributed by atoms with Crippen molar-refractivity contribution in [3.63, 3.8) is 0 Å². The van der Waals surface area contributed by atoms with Crippen LogP contribution in [0, 0.1) is 0 Å². The van der Waals surface area contributed by atoms with E-state index in [2.05, 4.69) is 0 Å². The number of alkyl halides is 3. The molecule has 1 amide bonds. The lowest BCUT2D eigenvalue weighted by molar-refractivity contribution is -0.201. The van der Waals surface area contributed by atoms with Crippen molar-refractivity contribution in [2.75, 3.05) is 18.6 Å². The predicted octanol–water partition coefficient (Wildman–Crippen LogP) is -1.21. The molecule has 10 heteroatoms. The second-order valence-corrected chi connectivity index (χ2v) is 6.09. The van der Waals surface area contributed by atoms with Gasteiger partial charge in [-0.05, 0) is 6.42 Å². The summed E-state index contributed by atoms with van der Waals surface area (Å²) in [7, 11) is -3.30. The number of nitrogens with two attached hydrogens (primary N) is 1. The molecule has 6 nitrogen and oxygen atoms in total. The van der Waals surface area contributed by atoms with E-state index < -0.39 is 40.6 Å². The lowest BCUT2D eigenvalue weighted by Crippen LogP contribution is -2.47. The number of hydrogen-bond donors (Lipinski definition) is 3. The standard InChI is InChI=1S/C8H15F3N2O4S/c1-18(16,17)3-2-5(12)7(15)13-4-6(14)8(9,10)11/h5-6,14H,2-4,12H2,1H3,(H,13,15). The predicted molar refractivity (Wildman–Crippen MR) is 57.4 cm³/mol. The van der Waals surface area contributed by atoms with Crippen LogP contribution in [0.25, 0.3) is 0 Å². The molecule has 0 aliphatic carbocycles. The SMILES string of the molecule is CS(=O)(=O)CCC(N)C(=O)NCC(O)C(F)(F)F. The van der Waals surface area contributed by atoms with Crippen LogP contribution in [-0.2, 0) is 14.6 Å². The number of sulfone groups is 1. The van der Waals surface area contributed by atoms with Gasteiger partial charge in [0.05, 0.1) is 18.3 Å². The maximum Gasteiger partial charge on any atom is 0.416 e. The van der Waals surface area contributed by atoms with Gasteiger partial charge < -0.3 is 16.2 Å². The minimum Gasteiger partial charge on any atom is -0.382 e. The summed E-state index contributed by atoms with van der Waals surface area (Å²) in [6.45, 7) is -1.02. The van der Waals surface area contributed by atoms with E-state index >= 15 is 0 Å². The fraction of sp³-hybridized carbons (Fsp3) is 0.875. The minimum atomic E-state index is -4.83. The first-order chi connectivity index (χ1) is 7.93. The largest absolute Gasteiger partial charge is 0.416 e. The summed E-state index contributed by atoms with van der Waals surface area (Å²) < 4.78 is 57.2. The number of hydrogen-bond acceptors (Lipinski definition) is 5. The van der Waals surface area contributed by atoms with E-state index in [-0.39, 0.29) is 12.2 Å². The molecule has 0 aromatic heterocycles. The third-order valence-electron chi connectivity index (χ3n) is 1.98. The summed E-state index contributed by atoms with van der Waals surface area (Å²) in [5, 5.41) is 10.4. The number of aliphatic hydroxyl groups excluding tert-OH is 1. The first kappa shape index (κ1) is 17.1. The van der Waals surface area contributed by atoms with Crippen LogP contribution in [0.15, 0.2) is 0 Å². The lowest BCUT2D eigenvalue weighted by Gasteiger charge is -2.17. The van der Waals surface area contributed by atoms with E-state index in [9.17, 15) is 26.4 Å². The highest BCUT2D eigenvalue weighted by Crippen LogP contribution is 2.19. The first-order valence-corrected chi connectivity index (χ1v) is 6.95. The molecule has 108 valence electrons. The van der Waals surface area contributed by atoms with Gasteiger partial charge in [-0.25, -0.2) is 8.42 Å². The van der Waals surface area contributed by atoms with Gasteiger partial charge in [-0.15, -0.1) is 0 Å². The maximum atomic E-state index is 11.9. The van der Waals surface area contributed by atoms with E-state index in [0.29, 0.717) is 0 Å². The highest BCUT2D eigenvalue weighted by molar-refractivity contribution is 7.90. The number of nitrogens with one attached hydrogen (secondary N) is 1. The van der Waals surface area contributed by atoms with E-state index in [1.54, 1.807) is 5.32 Å². The molecule has 0 aromatic rings. The first-order valence-electron chi connectivity index (χ1n) is 4.89. The zero-order valence-corrected chi connectivity index (χ0v) is 10.4.